The lowest BCUT2D eigenvalue weighted by molar-refractivity contribution is 0.353. The first-order valence-corrected chi connectivity index (χ1v) is 7.38. The van der Waals surface area contributed by atoms with Crippen molar-refractivity contribution in [2.75, 3.05) is 6.54 Å². The van der Waals surface area contributed by atoms with Crippen LogP contribution in [-0.4, -0.2) is 18.6 Å². The van der Waals surface area contributed by atoms with Crippen molar-refractivity contribution in [3.63, 3.8) is 0 Å². The molecule has 0 aromatic carbocycles. The van der Waals surface area contributed by atoms with E-state index in [1.165, 1.54) is 45.1 Å². The van der Waals surface area contributed by atoms with Crippen molar-refractivity contribution in [3.05, 3.63) is 0 Å². The highest BCUT2D eigenvalue weighted by atomic mass is 14.9. The lowest BCUT2D eigenvalue weighted by Gasteiger charge is -2.20. The van der Waals surface area contributed by atoms with Gasteiger partial charge in [0.15, 0.2) is 0 Å². The summed E-state index contributed by atoms with van der Waals surface area (Å²) in [6, 6.07) is 1.13. The number of nitrogens with two attached hydrogens (primary N) is 1. The van der Waals surface area contributed by atoms with E-state index in [4.69, 9.17) is 5.73 Å². The lowest BCUT2D eigenvalue weighted by Crippen LogP contribution is -2.31. The topological polar surface area (TPSA) is 38.0 Å². The van der Waals surface area contributed by atoms with Gasteiger partial charge in [-0.2, -0.15) is 0 Å². The van der Waals surface area contributed by atoms with Gasteiger partial charge in [-0.25, -0.2) is 0 Å². The van der Waals surface area contributed by atoms with Gasteiger partial charge in [-0.3, -0.25) is 0 Å². The first kappa shape index (κ1) is 15.0. The molecule has 0 aromatic rings. The SMILES string of the molecule is CC(N)CCCC(C)CNC1CCC(C)(C)C1. The highest BCUT2D eigenvalue weighted by Gasteiger charge is 2.30. The Bertz CT molecular complexity index is 211. The molecule has 0 bridgehead atoms. The van der Waals surface area contributed by atoms with E-state index >= 15 is 0 Å². The van der Waals surface area contributed by atoms with Gasteiger partial charge in [-0.15, -0.1) is 0 Å². The van der Waals surface area contributed by atoms with Crippen molar-refractivity contribution >= 4 is 0 Å². The van der Waals surface area contributed by atoms with E-state index in [2.05, 4.69) is 33.0 Å². The van der Waals surface area contributed by atoms with Crippen LogP contribution in [0, 0.1) is 11.3 Å². The molecule has 0 aliphatic heterocycles. The maximum absolute atomic E-state index is 5.77. The van der Waals surface area contributed by atoms with Crippen molar-refractivity contribution < 1.29 is 0 Å². The predicted octanol–water partition coefficient (Wildman–Crippen LogP) is 3.31. The standard InChI is InChI=1S/C15H32N2/c1-12(6-5-7-13(2)16)11-17-14-8-9-15(3,4)10-14/h12-14,17H,5-11,16H2,1-4H3. The van der Waals surface area contributed by atoms with Crippen molar-refractivity contribution in [1.82, 2.24) is 5.32 Å². The van der Waals surface area contributed by atoms with Gasteiger partial charge in [0, 0.05) is 12.1 Å². The van der Waals surface area contributed by atoms with Gasteiger partial charge in [-0.05, 0) is 56.9 Å². The zero-order valence-corrected chi connectivity index (χ0v) is 12.3. The smallest absolute Gasteiger partial charge is 0.00724 e. The number of nitrogens with one attached hydrogen (secondary N) is 1. The Morgan fingerprint density at radius 3 is 2.53 bits per heavy atom. The second-order valence-electron chi connectivity index (χ2n) is 7.03. The minimum atomic E-state index is 0.366. The third-order valence-electron chi connectivity index (χ3n) is 4.08. The Kier molecular flexibility index (Phi) is 5.94. The maximum atomic E-state index is 5.77. The molecular formula is C15H32N2. The highest BCUT2D eigenvalue weighted by Crippen LogP contribution is 2.36. The summed E-state index contributed by atoms with van der Waals surface area (Å²) in [4.78, 5) is 0. The van der Waals surface area contributed by atoms with E-state index in [0.29, 0.717) is 11.5 Å². The lowest BCUT2D eigenvalue weighted by atomic mass is 9.92. The molecule has 3 unspecified atom stereocenters. The molecule has 0 aromatic heterocycles. The van der Waals surface area contributed by atoms with E-state index < -0.39 is 0 Å². The van der Waals surface area contributed by atoms with Crippen LogP contribution < -0.4 is 11.1 Å². The van der Waals surface area contributed by atoms with E-state index in [9.17, 15) is 0 Å². The van der Waals surface area contributed by atoms with Crippen molar-refractivity contribution in [3.8, 4) is 0 Å². The summed E-state index contributed by atoms with van der Waals surface area (Å²) in [5.41, 5.74) is 6.33. The van der Waals surface area contributed by atoms with Crippen LogP contribution >= 0.6 is 0 Å². The molecule has 2 heteroatoms. The molecule has 0 saturated heterocycles. The van der Waals surface area contributed by atoms with Gasteiger partial charge in [0.1, 0.15) is 0 Å². The van der Waals surface area contributed by atoms with Gasteiger partial charge in [0.05, 0.1) is 0 Å². The molecule has 0 amide bonds. The van der Waals surface area contributed by atoms with Gasteiger partial charge < -0.3 is 11.1 Å². The minimum absolute atomic E-state index is 0.366. The quantitative estimate of drug-likeness (QED) is 0.716. The first-order chi connectivity index (χ1) is 7.89. The third kappa shape index (κ3) is 6.42. The molecular weight excluding hydrogens is 208 g/mol. The molecule has 1 saturated carbocycles. The zero-order valence-electron chi connectivity index (χ0n) is 12.3. The van der Waals surface area contributed by atoms with Gasteiger partial charge in [0.2, 0.25) is 0 Å². The van der Waals surface area contributed by atoms with Crippen LogP contribution in [0.3, 0.4) is 0 Å². The van der Waals surface area contributed by atoms with Crippen molar-refractivity contribution in [1.29, 1.82) is 0 Å². The molecule has 1 fully saturated rings. The van der Waals surface area contributed by atoms with E-state index in [1.54, 1.807) is 0 Å². The fourth-order valence-corrected chi connectivity index (χ4v) is 2.87. The molecule has 2 nitrogen and oxygen atoms in total. The maximum Gasteiger partial charge on any atom is 0.00724 e. The zero-order chi connectivity index (χ0) is 12.9. The summed E-state index contributed by atoms with van der Waals surface area (Å²) in [5, 5.41) is 3.74. The Balaban J connectivity index is 2.06. The van der Waals surface area contributed by atoms with Gasteiger partial charge in [0.25, 0.3) is 0 Å². The second-order valence-corrected chi connectivity index (χ2v) is 7.03. The number of rotatable bonds is 7. The minimum Gasteiger partial charge on any atom is -0.328 e. The molecule has 1 aliphatic rings. The Morgan fingerprint density at radius 1 is 1.29 bits per heavy atom. The molecule has 17 heavy (non-hydrogen) atoms. The number of hydrogen-bond donors (Lipinski definition) is 2. The average Bonchev–Trinajstić information content (AvgIpc) is 2.55. The van der Waals surface area contributed by atoms with Crippen LogP contribution in [0.5, 0.6) is 0 Å². The summed E-state index contributed by atoms with van der Waals surface area (Å²) < 4.78 is 0. The van der Waals surface area contributed by atoms with Gasteiger partial charge >= 0.3 is 0 Å². The first-order valence-electron chi connectivity index (χ1n) is 7.38. The van der Waals surface area contributed by atoms with Gasteiger partial charge in [-0.1, -0.05) is 27.2 Å². The molecule has 1 aliphatic carbocycles. The molecule has 102 valence electrons. The van der Waals surface area contributed by atoms with Crippen LogP contribution in [0.15, 0.2) is 0 Å². The van der Waals surface area contributed by atoms with E-state index in [1.807, 2.05) is 0 Å². The second kappa shape index (κ2) is 6.75. The molecule has 0 radical (unpaired) electrons. The van der Waals surface area contributed by atoms with Crippen molar-refractivity contribution in [2.24, 2.45) is 17.1 Å². The summed E-state index contributed by atoms with van der Waals surface area (Å²) in [7, 11) is 0. The molecule has 1 rings (SSSR count). The van der Waals surface area contributed by atoms with Crippen molar-refractivity contribution in [2.45, 2.75) is 78.3 Å². The Morgan fingerprint density at radius 2 is 2.00 bits per heavy atom. The molecule has 3 N–H and O–H groups in total. The van der Waals surface area contributed by atoms with Crippen LogP contribution in [0.25, 0.3) is 0 Å². The molecule has 0 heterocycles. The van der Waals surface area contributed by atoms with Crippen LogP contribution in [0.2, 0.25) is 0 Å². The summed E-state index contributed by atoms with van der Waals surface area (Å²) in [6.07, 6.45) is 7.84. The van der Waals surface area contributed by atoms with E-state index in [-0.39, 0.29) is 0 Å². The fraction of sp³-hybridized carbons (Fsp3) is 1.00. The Labute approximate surface area is 108 Å². The number of hydrogen-bond acceptors (Lipinski definition) is 2. The fourth-order valence-electron chi connectivity index (χ4n) is 2.87. The van der Waals surface area contributed by atoms with E-state index in [0.717, 1.165) is 12.0 Å². The average molecular weight is 240 g/mol. The normalized spacial score (nSPS) is 27.0. The monoisotopic (exact) mass is 240 g/mol. The summed E-state index contributed by atoms with van der Waals surface area (Å²) >= 11 is 0. The van der Waals surface area contributed by atoms with Crippen LogP contribution in [0.4, 0.5) is 0 Å². The van der Waals surface area contributed by atoms with Crippen LogP contribution in [-0.2, 0) is 0 Å². The summed E-state index contributed by atoms with van der Waals surface area (Å²) in [6.45, 7) is 10.4. The van der Waals surface area contributed by atoms with Crippen LogP contribution in [0.1, 0.15) is 66.2 Å². The largest absolute Gasteiger partial charge is 0.328 e. The predicted molar refractivity (Wildman–Crippen MR) is 76.1 cm³/mol. The summed E-state index contributed by atoms with van der Waals surface area (Å²) in [5.74, 6) is 0.789. The third-order valence-corrected chi connectivity index (χ3v) is 4.08. The molecule has 0 spiro atoms. The molecule has 3 atom stereocenters. The highest BCUT2D eigenvalue weighted by molar-refractivity contribution is 4.86. The Hall–Kier alpha value is -0.0800.